The van der Waals surface area contributed by atoms with E-state index in [1.807, 2.05) is 30.3 Å². The first-order valence-corrected chi connectivity index (χ1v) is 9.76. The minimum atomic E-state index is -0.260. The molecule has 2 aromatic carbocycles. The van der Waals surface area contributed by atoms with Crippen molar-refractivity contribution in [2.45, 2.75) is 13.0 Å². The number of carbonyl (C=O) groups is 1. The van der Waals surface area contributed by atoms with Gasteiger partial charge in [0.15, 0.2) is 5.65 Å². The number of aromatic nitrogens is 3. The molecule has 2 N–H and O–H groups in total. The molecule has 0 radical (unpaired) electrons. The van der Waals surface area contributed by atoms with Crippen molar-refractivity contribution in [1.29, 1.82) is 0 Å². The van der Waals surface area contributed by atoms with Crippen molar-refractivity contribution >= 4 is 22.9 Å². The van der Waals surface area contributed by atoms with E-state index in [1.165, 1.54) is 5.56 Å². The van der Waals surface area contributed by atoms with Crippen molar-refractivity contribution in [2.75, 3.05) is 19.0 Å². The first kappa shape index (κ1) is 19.4. The first-order chi connectivity index (χ1) is 14.7. The maximum Gasteiger partial charge on any atom is 0.319 e. The number of nitrogens with zero attached hydrogens (tertiary/aromatic N) is 3. The highest BCUT2D eigenvalue weighted by Crippen LogP contribution is 2.17. The number of hydrogen-bond acceptors (Lipinski definition) is 4. The van der Waals surface area contributed by atoms with Crippen molar-refractivity contribution in [2.24, 2.45) is 0 Å². The summed E-state index contributed by atoms with van der Waals surface area (Å²) in [4.78, 5) is 21.4. The van der Waals surface area contributed by atoms with E-state index in [4.69, 9.17) is 9.72 Å². The lowest BCUT2D eigenvalue weighted by molar-refractivity contribution is 0.252. The Bertz CT molecular complexity index is 1120. The van der Waals surface area contributed by atoms with Crippen LogP contribution >= 0.6 is 0 Å². The van der Waals surface area contributed by atoms with Gasteiger partial charge in [0.1, 0.15) is 17.1 Å². The van der Waals surface area contributed by atoms with Crippen molar-refractivity contribution in [1.82, 2.24) is 19.9 Å². The van der Waals surface area contributed by atoms with Crippen LogP contribution in [0.5, 0.6) is 5.75 Å². The number of pyridine rings is 1. The van der Waals surface area contributed by atoms with Gasteiger partial charge >= 0.3 is 6.03 Å². The number of fused-ring (bicyclic) bond motifs is 1. The number of anilines is 1. The predicted molar refractivity (Wildman–Crippen MR) is 117 cm³/mol. The second kappa shape index (κ2) is 9.09. The molecule has 0 fully saturated rings. The molecule has 0 bridgehead atoms. The van der Waals surface area contributed by atoms with E-state index in [-0.39, 0.29) is 6.03 Å². The van der Waals surface area contributed by atoms with Gasteiger partial charge in [0.2, 0.25) is 0 Å². The van der Waals surface area contributed by atoms with Crippen LogP contribution in [-0.2, 0) is 13.0 Å². The van der Waals surface area contributed by atoms with Gasteiger partial charge in [0, 0.05) is 24.8 Å². The minimum absolute atomic E-state index is 0.260. The summed E-state index contributed by atoms with van der Waals surface area (Å²) >= 11 is 0. The third kappa shape index (κ3) is 4.57. The number of nitrogens with one attached hydrogen (secondary N) is 2. The van der Waals surface area contributed by atoms with Crippen LogP contribution in [0.15, 0.2) is 72.9 Å². The lowest BCUT2D eigenvalue weighted by Crippen LogP contribution is -2.31. The summed E-state index contributed by atoms with van der Waals surface area (Å²) in [6, 6.07) is 21.0. The van der Waals surface area contributed by atoms with E-state index in [9.17, 15) is 4.79 Å². The summed E-state index contributed by atoms with van der Waals surface area (Å²) in [5, 5.41) is 5.70. The maximum atomic E-state index is 12.2. The van der Waals surface area contributed by atoms with Crippen LogP contribution in [0.2, 0.25) is 0 Å². The highest BCUT2D eigenvalue weighted by molar-refractivity contribution is 5.89. The quantitative estimate of drug-likeness (QED) is 0.493. The van der Waals surface area contributed by atoms with Gasteiger partial charge in [-0.3, -0.25) is 0 Å². The van der Waals surface area contributed by atoms with E-state index >= 15 is 0 Å². The largest absolute Gasteiger partial charge is 0.497 e. The standard InChI is InChI=1S/C23H23N5O2/c1-30-19-11-9-18(10-12-19)26-23(29)25-15-13-21-27-20-8-5-14-24-22(20)28(21)16-17-6-3-2-4-7-17/h2-12,14H,13,15-16H2,1H3,(H2,25,26,29). The number of amides is 2. The average molecular weight is 401 g/mol. The Kier molecular flexibility index (Phi) is 5.89. The molecule has 4 aromatic rings. The van der Waals surface area contributed by atoms with Crippen LogP contribution in [0.4, 0.5) is 10.5 Å². The molecule has 7 heteroatoms. The molecule has 0 aliphatic rings. The highest BCUT2D eigenvalue weighted by Gasteiger charge is 2.12. The number of methoxy groups -OCH3 is 1. The molecule has 0 aliphatic carbocycles. The first-order valence-electron chi connectivity index (χ1n) is 9.76. The summed E-state index contributed by atoms with van der Waals surface area (Å²) in [6.45, 7) is 1.14. The van der Waals surface area contributed by atoms with E-state index in [0.717, 1.165) is 22.7 Å². The number of ether oxygens (including phenoxy) is 1. The van der Waals surface area contributed by atoms with Crippen LogP contribution in [-0.4, -0.2) is 34.2 Å². The van der Waals surface area contributed by atoms with Crippen LogP contribution in [0, 0.1) is 0 Å². The van der Waals surface area contributed by atoms with Crippen molar-refractivity contribution in [3.05, 3.63) is 84.3 Å². The summed E-state index contributed by atoms with van der Waals surface area (Å²) in [6.07, 6.45) is 2.37. The Morgan fingerprint density at radius 1 is 1.03 bits per heavy atom. The zero-order valence-electron chi connectivity index (χ0n) is 16.7. The Hall–Kier alpha value is -3.87. The Balaban J connectivity index is 1.41. The molecule has 30 heavy (non-hydrogen) atoms. The molecular weight excluding hydrogens is 378 g/mol. The smallest absolute Gasteiger partial charge is 0.319 e. The van der Waals surface area contributed by atoms with Gasteiger partial charge in [-0.05, 0) is 42.0 Å². The van der Waals surface area contributed by atoms with Gasteiger partial charge in [0.25, 0.3) is 0 Å². The lowest BCUT2D eigenvalue weighted by Gasteiger charge is -2.10. The summed E-state index contributed by atoms with van der Waals surface area (Å²) in [5.41, 5.74) is 3.58. The molecule has 2 amide bonds. The van der Waals surface area contributed by atoms with Gasteiger partial charge in [-0.25, -0.2) is 14.8 Å². The summed E-state index contributed by atoms with van der Waals surface area (Å²) < 4.78 is 7.23. The van der Waals surface area contributed by atoms with E-state index in [2.05, 4.69) is 32.3 Å². The van der Waals surface area contributed by atoms with Gasteiger partial charge in [-0.15, -0.1) is 0 Å². The van der Waals surface area contributed by atoms with Crippen molar-refractivity contribution in [3.8, 4) is 5.75 Å². The van der Waals surface area contributed by atoms with Crippen molar-refractivity contribution < 1.29 is 9.53 Å². The van der Waals surface area contributed by atoms with Gasteiger partial charge < -0.3 is 19.9 Å². The molecule has 4 rings (SSSR count). The number of rotatable bonds is 7. The molecule has 0 unspecified atom stereocenters. The molecule has 0 spiro atoms. The molecule has 0 saturated heterocycles. The summed E-state index contributed by atoms with van der Waals surface area (Å²) in [5.74, 6) is 1.63. The van der Waals surface area contributed by atoms with E-state index in [0.29, 0.717) is 25.2 Å². The average Bonchev–Trinajstić information content (AvgIpc) is 3.12. The predicted octanol–water partition coefficient (Wildman–Crippen LogP) is 3.85. The fourth-order valence-corrected chi connectivity index (χ4v) is 3.27. The van der Waals surface area contributed by atoms with Gasteiger partial charge in [-0.2, -0.15) is 0 Å². The van der Waals surface area contributed by atoms with Crippen LogP contribution < -0.4 is 15.4 Å². The SMILES string of the molecule is COc1ccc(NC(=O)NCCc2nc3cccnc3n2Cc2ccccc2)cc1. The van der Waals surface area contributed by atoms with Gasteiger partial charge in [-0.1, -0.05) is 30.3 Å². The molecule has 0 aliphatic heterocycles. The minimum Gasteiger partial charge on any atom is -0.497 e. The van der Waals surface area contributed by atoms with Gasteiger partial charge in [0.05, 0.1) is 13.7 Å². The van der Waals surface area contributed by atoms with E-state index < -0.39 is 0 Å². The number of benzene rings is 2. The lowest BCUT2D eigenvalue weighted by atomic mass is 10.2. The fraction of sp³-hybridized carbons (Fsp3) is 0.174. The van der Waals surface area contributed by atoms with Crippen LogP contribution in [0.25, 0.3) is 11.2 Å². The Labute approximate surface area is 174 Å². The van der Waals surface area contributed by atoms with Crippen molar-refractivity contribution in [3.63, 3.8) is 0 Å². The Morgan fingerprint density at radius 3 is 2.60 bits per heavy atom. The monoisotopic (exact) mass is 401 g/mol. The fourth-order valence-electron chi connectivity index (χ4n) is 3.27. The third-order valence-corrected chi connectivity index (χ3v) is 4.75. The second-order valence-electron chi connectivity index (χ2n) is 6.81. The number of imidazole rings is 1. The highest BCUT2D eigenvalue weighted by atomic mass is 16.5. The second-order valence-corrected chi connectivity index (χ2v) is 6.81. The zero-order valence-corrected chi connectivity index (χ0v) is 16.7. The molecule has 7 nitrogen and oxygen atoms in total. The molecule has 0 saturated carbocycles. The number of hydrogen-bond donors (Lipinski definition) is 2. The molecular formula is C23H23N5O2. The molecule has 2 heterocycles. The summed E-state index contributed by atoms with van der Waals surface area (Å²) in [7, 11) is 1.61. The Morgan fingerprint density at radius 2 is 1.83 bits per heavy atom. The number of carbonyl (C=O) groups excluding carboxylic acids is 1. The molecule has 0 atom stereocenters. The third-order valence-electron chi connectivity index (χ3n) is 4.75. The maximum absolute atomic E-state index is 12.2. The number of urea groups is 1. The normalized spacial score (nSPS) is 10.7. The topological polar surface area (TPSA) is 81.1 Å². The molecule has 2 aromatic heterocycles. The van der Waals surface area contributed by atoms with Crippen LogP contribution in [0.3, 0.4) is 0 Å². The van der Waals surface area contributed by atoms with Crippen LogP contribution in [0.1, 0.15) is 11.4 Å². The van der Waals surface area contributed by atoms with E-state index in [1.54, 1.807) is 37.6 Å². The zero-order chi connectivity index (χ0) is 20.8. The molecule has 152 valence electrons.